The molecule has 3 nitrogen and oxygen atoms in total. The molecule has 0 bridgehead atoms. The van der Waals surface area contributed by atoms with E-state index in [1.807, 2.05) is 23.5 Å². The molecule has 0 aliphatic rings. The van der Waals surface area contributed by atoms with Gasteiger partial charge < -0.3 is 13.6 Å². The summed E-state index contributed by atoms with van der Waals surface area (Å²) in [5.41, 5.74) is 29.4. The molecule has 0 saturated heterocycles. The fraction of sp³-hybridized carbons (Fsp3) is 0. The number of benzene rings is 26. The number of aromatic nitrogens is 2. The van der Waals surface area contributed by atoms with Crippen molar-refractivity contribution < 1.29 is 4.42 Å². The smallest absolute Gasteiger partial charge is 0.135 e. The first-order valence-electron chi connectivity index (χ1n) is 49.5. The van der Waals surface area contributed by atoms with Gasteiger partial charge in [0.15, 0.2) is 0 Å². The van der Waals surface area contributed by atoms with Crippen LogP contribution in [0.25, 0.3) is 272 Å². The molecule has 0 amide bonds. The first kappa shape index (κ1) is 84.7. The van der Waals surface area contributed by atoms with Crippen molar-refractivity contribution in [2.75, 3.05) is 0 Å². The Kier molecular flexibility index (Phi) is 21.2. The first-order valence-corrected chi connectivity index (χ1v) is 50.3. The standard InChI is InChI=1S/2C38H25N.C32H20O.C32H20S/c1-3-13-26(14-4-1)37-31-18-7-9-20-33(31)38(34-21-10-8-19-32(34)37)27-23-24-30-29-17-11-12-22-35(29)39(36(30)25-27)28-15-5-2-6-16-28;1-2-12-26(13-3-1)37-31-16-4-6-18-33(31)38(34-19-7-5-17-32(34)37)27-22-24-28(25-23-27)39-35-20-10-8-14-29(35)30-15-9-11-21-36(30)39;2*1-2-10-21(11-3-1)31-24-13-4-6-15-26(24)32(27-16-7-5-14-25(27)31)22-18-19-30-28(20-22)23-12-8-9-17-29(23)33-30/h2*1-25H;2*1-20H. The second-order valence-corrected chi connectivity index (χ2v) is 38.4. The van der Waals surface area contributed by atoms with E-state index in [2.05, 4.69) is 543 Å². The van der Waals surface area contributed by atoms with Gasteiger partial charge in [0.25, 0.3) is 0 Å². The van der Waals surface area contributed by atoms with E-state index in [-0.39, 0.29) is 0 Å². The van der Waals surface area contributed by atoms with Crippen LogP contribution in [0.15, 0.2) is 550 Å². The number of thiophene rings is 1. The summed E-state index contributed by atoms with van der Waals surface area (Å²) in [7, 11) is 0. The zero-order chi connectivity index (χ0) is 95.1. The van der Waals surface area contributed by atoms with Gasteiger partial charge >= 0.3 is 0 Å². The van der Waals surface area contributed by atoms with E-state index in [0.29, 0.717) is 0 Å². The highest BCUT2D eigenvalue weighted by molar-refractivity contribution is 7.25. The Balaban J connectivity index is 0.0000000959. The largest absolute Gasteiger partial charge is 0.456 e. The van der Waals surface area contributed by atoms with E-state index < -0.39 is 0 Å². The van der Waals surface area contributed by atoms with Crippen LogP contribution in [-0.2, 0) is 0 Å². The molecule has 4 aromatic heterocycles. The van der Waals surface area contributed by atoms with Gasteiger partial charge in [-0.05, 0) is 260 Å². The van der Waals surface area contributed by atoms with Crippen molar-refractivity contribution in [2.24, 2.45) is 0 Å². The molecule has 4 heteroatoms. The number of furan rings is 1. The summed E-state index contributed by atoms with van der Waals surface area (Å²) in [6.07, 6.45) is 0. The molecule has 26 aromatic carbocycles. The molecule has 144 heavy (non-hydrogen) atoms. The second kappa shape index (κ2) is 36.0. The molecule has 0 saturated carbocycles. The SMILES string of the molecule is c1ccc(-c2c3ccccc3c(-c3ccc(-n4c5ccccc5c5ccccc54)cc3)c3ccccc23)cc1.c1ccc(-c2c3ccccc3c(-c3ccc4c5ccccc5n(-c5ccccc5)c4c3)c3ccccc23)cc1.c1ccc(-c2c3ccccc3c(-c3ccc4oc5ccccc5c4c3)c3ccccc23)cc1.c1ccc(-c2c3ccccc3c(-c3ccc4sc5ccccc5c4c3)c3ccccc23)cc1. The maximum atomic E-state index is 6.10. The number of hydrogen-bond acceptors (Lipinski definition) is 2. The van der Waals surface area contributed by atoms with Gasteiger partial charge in [0.05, 0.1) is 22.1 Å². The summed E-state index contributed by atoms with van der Waals surface area (Å²) in [5, 5.41) is 30.6. The van der Waals surface area contributed by atoms with Gasteiger partial charge in [0, 0.05) is 63.9 Å². The highest BCUT2D eigenvalue weighted by Crippen LogP contribution is 2.52. The average molecular weight is 1850 g/mol. The number of hydrogen-bond donors (Lipinski definition) is 0. The lowest BCUT2D eigenvalue weighted by atomic mass is 9.86. The predicted octanol–water partition coefficient (Wildman–Crippen LogP) is 39.8. The van der Waals surface area contributed by atoms with Crippen molar-refractivity contribution in [1.29, 1.82) is 0 Å². The average Bonchev–Trinajstić information content (AvgIpc) is 1.45. The maximum absolute atomic E-state index is 6.10. The summed E-state index contributed by atoms with van der Waals surface area (Å²) in [6.45, 7) is 0. The minimum absolute atomic E-state index is 0.925. The summed E-state index contributed by atoms with van der Waals surface area (Å²) >= 11 is 1.87. The van der Waals surface area contributed by atoms with E-state index in [1.165, 1.54) is 250 Å². The van der Waals surface area contributed by atoms with Crippen LogP contribution in [0.5, 0.6) is 0 Å². The quantitative estimate of drug-likeness (QED) is 0.125. The third kappa shape index (κ3) is 14.5. The van der Waals surface area contributed by atoms with Crippen molar-refractivity contribution in [3.63, 3.8) is 0 Å². The van der Waals surface area contributed by atoms with Gasteiger partial charge in [-0.2, -0.15) is 0 Å². The first-order chi connectivity index (χ1) is 71.5. The monoisotopic (exact) mass is 1850 g/mol. The van der Waals surface area contributed by atoms with Gasteiger partial charge in [-0.1, -0.05) is 461 Å². The van der Waals surface area contributed by atoms with Crippen LogP contribution in [0.2, 0.25) is 0 Å². The fourth-order valence-electron chi connectivity index (χ4n) is 23.1. The normalized spacial score (nSPS) is 11.6. The fourth-order valence-corrected chi connectivity index (χ4v) is 24.2. The summed E-state index contributed by atoms with van der Waals surface area (Å²) in [5.74, 6) is 0. The lowest BCUT2D eigenvalue weighted by Crippen LogP contribution is -1.94. The molecular weight excluding hydrogens is 1760 g/mol. The van der Waals surface area contributed by atoms with Crippen molar-refractivity contribution in [1.82, 2.24) is 9.13 Å². The van der Waals surface area contributed by atoms with Crippen LogP contribution in [-0.4, -0.2) is 9.13 Å². The number of para-hydroxylation sites is 5. The van der Waals surface area contributed by atoms with Gasteiger partial charge in [-0.3, -0.25) is 0 Å². The Morgan fingerprint density at radius 3 is 0.708 bits per heavy atom. The van der Waals surface area contributed by atoms with Crippen LogP contribution in [0, 0.1) is 0 Å². The van der Waals surface area contributed by atoms with Crippen molar-refractivity contribution in [2.45, 2.75) is 0 Å². The lowest BCUT2D eigenvalue weighted by molar-refractivity contribution is 0.669. The minimum atomic E-state index is 0.925. The molecule has 672 valence electrons. The number of nitrogens with zero attached hydrogens (tertiary/aromatic N) is 2. The van der Waals surface area contributed by atoms with Crippen molar-refractivity contribution >= 4 is 183 Å². The Morgan fingerprint density at radius 1 is 0.125 bits per heavy atom. The molecule has 0 fully saturated rings. The lowest BCUT2D eigenvalue weighted by Gasteiger charge is -2.18. The van der Waals surface area contributed by atoms with E-state index in [0.717, 1.165) is 21.9 Å². The second-order valence-electron chi connectivity index (χ2n) is 37.3. The molecule has 4 heterocycles. The summed E-state index contributed by atoms with van der Waals surface area (Å²) in [4.78, 5) is 0. The van der Waals surface area contributed by atoms with E-state index >= 15 is 0 Å². The van der Waals surface area contributed by atoms with Gasteiger partial charge in [-0.15, -0.1) is 11.3 Å². The topological polar surface area (TPSA) is 23.0 Å². The predicted molar refractivity (Wildman–Crippen MR) is 618 cm³/mol. The number of fused-ring (bicyclic) bond motifs is 20. The molecule has 0 radical (unpaired) electrons. The van der Waals surface area contributed by atoms with Crippen LogP contribution < -0.4 is 0 Å². The molecule has 0 aliphatic heterocycles. The number of rotatable bonds is 10. The Bertz CT molecular complexity index is 9710. The maximum Gasteiger partial charge on any atom is 0.135 e. The Hall–Kier alpha value is -18.6. The van der Waals surface area contributed by atoms with E-state index in [9.17, 15) is 0 Å². The summed E-state index contributed by atoms with van der Waals surface area (Å²) < 4.78 is 13.6. The third-order valence-corrected chi connectivity index (χ3v) is 30.4. The van der Waals surface area contributed by atoms with Crippen molar-refractivity contribution in [3.8, 4) is 100 Å². The van der Waals surface area contributed by atoms with Crippen molar-refractivity contribution in [3.05, 3.63) is 546 Å². The van der Waals surface area contributed by atoms with Crippen LogP contribution in [0.4, 0.5) is 0 Å². The molecule has 30 aromatic rings. The highest BCUT2D eigenvalue weighted by Gasteiger charge is 2.25. The highest BCUT2D eigenvalue weighted by atomic mass is 32.1. The molecule has 0 spiro atoms. The molecule has 0 N–H and O–H groups in total. The van der Waals surface area contributed by atoms with Gasteiger partial charge in [-0.25, -0.2) is 0 Å². The zero-order valence-corrected chi connectivity index (χ0v) is 79.5. The van der Waals surface area contributed by atoms with E-state index in [4.69, 9.17) is 4.42 Å². The summed E-state index contributed by atoms with van der Waals surface area (Å²) in [6, 6.07) is 197. The molecule has 0 aliphatic carbocycles. The van der Waals surface area contributed by atoms with Crippen LogP contribution >= 0.6 is 11.3 Å². The zero-order valence-electron chi connectivity index (χ0n) is 78.7. The third-order valence-electron chi connectivity index (χ3n) is 29.3. The molecule has 30 rings (SSSR count). The van der Waals surface area contributed by atoms with E-state index in [1.54, 1.807) is 0 Å². The van der Waals surface area contributed by atoms with Gasteiger partial charge in [0.2, 0.25) is 0 Å². The molecule has 0 unspecified atom stereocenters. The Labute approximate surface area is 836 Å². The van der Waals surface area contributed by atoms with Gasteiger partial charge in [0.1, 0.15) is 11.2 Å². The Morgan fingerprint density at radius 2 is 0.347 bits per heavy atom. The molecular formula is C140H90N2OS. The molecule has 0 atom stereocenters. The minimum Gasteiger partial charge on any atom is -0.456 e. The van der Waals surface area contributed by atoms with Crippen LogP contribution in [0.1, 0.15) is 0 Å². The van der Waals surface area contributed by atoms with Crippen LogP contribution in [0.3, 0.4) is 0 Å².